The monoisotopic (exact) mass is 448 g/mol. The van der Waals surface area contributed by atoms with Crippen LogP contribution < -0.4 is 10.1 Å². The molecule has 2 heterocycles. The Morgan fingerprint density at radius 2 is 2.03 bits per heavy atom. The standard InChI is InChI=1S/C26H29FN4O2/c1-18-24(26(32)29-14-20-5-3-7-23(13-20)33-2)15-28-25(30-18)21-6-4-12-31(17-21)16-19-8-10-22(27)11-9-19/h3,5,7-11,13,15,21H,4,6,12,14,16-17H2,1-2H3,(H,29,32). The van der Waals surface area contributed by atoms with Crippen LogP contribution in [0.15, 0.2) is 54.7 Å². The summed E-state index contributed by atoms with van der Waals surface area (Å²) in [5.74, 6) is 1.34. The van der Waals surface area contributed by atoms with E-state index in [1.807, 2.05) is 43.3 Å². The first kappa shape index (κ1) is 22.9. The average molecular weight is 449 g/mol. The van der Waals surface area contributed by atoms with Gasteiger partial charge in [-0.1, -0.05) is 24.3 Å². The van der Waals surface area contributed by atoms with E-state index in [0.29, 0.717) is 17.8 Å². The molecule has 0 radical (unpaired) electrons. The molecule has 1 fully saturated rings. The summed E-state index contributed by atoms with van der Waals surface area (Å²) in [5.41, 5.74) is 3.22. The van der Waals surface area contributed by atoms with Crippen molar-refractivity contribution in [1.29, 1.82) is 0 Å². The molecular formula is C26H29FN4O2. The molecule has 0 bridgehead atoms. The lowest BCUT2D eigenvalue weighted by Crippen LogP contribution is -2.34. The fraction of sp³-hybridized carbons (Fsp3) is 0.346. The van der Waals surface area contributed by atoms with E-state index in [1.54, 1.807) is 13.3 Å². The maximum absolute atomic E-state index is 13.2. The van der Waals surface area contributed by atoms with Crippen LogP contribution in [0.3, 0.4) is 0 Å². The number of carbonyl (C=O) groups excluding carboxylic acids is 1. The minimum atomic E-state index is -0.216. The molecule has 1 atom stereocenters. The molecule has 6 nitrogen and oxygen atoms in total. The summed E-state index contributed by atoms with van der Waals surface area (Å²) in [6.07, 6.45) is 3.70. The number of amides is 1. The number of nitrogens with one attached hydrogen (secondary N) is 1. The van der Waals surface area contributed by atoms with Crippen LogP contribution in [-0.2, 0) is 13.1 Å². The summed E-state index contributed by atoms with van der Waals surface area (Å²) in [4.78, 5) is 24.3. The second kappa shape index (κ2) is 10.5. The highest BCUT2D eigenvalue weighted by Crippen LogP contribution is 2.26. The third-order valence-electron chi connectivity index (χ3n) is 6.02. The molecule has 1 aromatic heterocycles. The molecule has 1 aliphatic heterocycles. The van der Waals surface area contributed by atoms with Gasteiger partial charge >= 0.3 is 0 Å². The zero-order valence-corrected chi connectivity index (χ0v) is 19.1. The molecule has 4 rings (SSSR count). The molecule has 1 N–H and O–H groups in total. The molecule has 1 saturated heterocycles. The van der Waals surface area contributed by atoms with Gasteiger partial charge in [0.1, 0.15) is 17.4 Å². The molecule has 172 valence electrons. The predicted molar refractivity (Wildman–Crippen MR) is 125 cm³/mol. The van der Waals surface area contributed by atoms with Gasteiger partial charge < -0.3 is 10.1 Å². The smallest absolute Gasteiger partial charge is 0.254 e. The fourth-order valence-electron chi connectivity index (χ4n) is 4.22. The highest BCUT2D eigenvalue weighted by Gasteiger charge is 2.24. The summed E-state index contributed by atoms with van der Waals surface area (Å²) in [7, 11) is 1.62. The number of aromatic nitrogens is 2. The summed E-state index contributed by atoms with van der Waals surface area (Å²) < 4.78 is 18.4. The van der Waals surface area contributed by atoms with Crippen LogP contribution in [0.2, 0.25) is 0 Å². The lowest BCUT2D eigenvalue weighted by molar-refractivity contribution is 0.0949. The fourth-order valence-corrected chi connectivity index (χ4v) is 4.22. The third-order valence-corrected chi connectivity index (χ3v) is 6.02. The molecule has 0 saturated carbocycles. The largest absolute Gasteiger partial charge is 0.497 e. The Kier molecular flexibility index (Phi) is 7.29. The number of nitrogens with zero attached hydrogens (tertiary/aromatic N) is 3. The van der Waals surface area contributed by atoms with Crippen LogP contribution in [0.4, 0.5) is 4.39 Å². The number of hydrogen-bond donors (Lipinski definition) is 1. The Hall–Kier alpha value is -3.32. The van der Waals surface area contributed by atoms with E-state index in [9.17, 15) is 9.18 Å². The minimum absolute atomic E-state index is 0.191. The van der Waals surface area contributed by atoms with Gasteiger partial charge in [0.05, 0.1) is 18.4 Å². The molecule has 1 aliphatic rings. The Morgan fingerprint density at radius 3 is 2.79 bits per heavy atom. The Balaban J connectivity index is 1.37. The highest BCUT2D eigenvalue weighted by molar-refractivity contribution is 5.94. The second-order valence-corrected chi connectivity index (χ2v) is 8.46. The predicted octanol–water partition coefficient (Wildman–Crippen LogP) is 4.24. The number of piperidine rings is 1. The maximum atomic E-state index is 13.2. The Labute approximate surface area is 193 Å². The lowest BCUT2D eigenvalue weighted by Gasteiger charge is -2.32. The van der Waals surface area contributed by atoms with E-state index in [1.165, 1.54) is 12.1 Å². The quantitative estimate of drug-likeness (QED) is 0.586. The van der Waals surface area contributed by atoms with Crippen molar-refractivity contribution in [1.82, 2.24) is 20.2 Å². The second-order valence-electron chi connectivity index (χ2n) is 8.46. The van der Waals surface area contributed by atoms with E-state index in [0.717, 1.165) is 55.2 Å². The number of carbonyl (C=O) groups is 1. The van der Waals surface area contributed by atoms with Gasteiger partial charge in [-0.3, -0.25) is 9.69 Å². The van der Waals surface area contributed by atoms with Crippen molar-refractivity contribution in [2.24, 2.45) is 0 Å². The van der Waals surface area contributed by atoms with Gasteiger partial charge in [-0.15, -0.1) is 0 Å². The summed E-state index contributed by atoms with van der Waals surface area (Å²) in [6, 6.07) is 14.3. The third kappa shape index (κ3) is 5.93. The number of benzene rings is 2. The number of rotatable bonds is 7. The van der Waals surface area contributed by atoms with E-state index in [4.69, 9.17) is 4.74 Å². The number of methoxy groups -OCH3 is 1. The van der Waals surface area contributed by atoms with Gasteiger partial charge in [-0.25, -0.2) is 14.4 Å². The maximum Gasteiger partial charge on any atom is 0.254 e. The van der Waals surface area contributed by atoms with Gasteiger partial charge in [0.25, 0.3) is 5.91 Å². The first-order valence-corrected chi connectivity index (χ1v) is 11.2. The van der Waals surface area contributed by atoms with E-state index in [2.05, 4.69) is 20.2 Å². The van der Waals surface area contributed by atoms with Gasteiger partial charge in [-0.05, 0) is 61.7 Å². The van der Waals surface area contributed by atoms with Crippen molar-refractivity contribution in [2.75, 3.05) is 20.2 Å². The van der Waals surface area contributed by atoms with Crippen LogP contribution in [0, 0.1) is 12.7 Å². The first-order valence-electron chi connectivity index (χ1n) is 11.2. The molecule has 7 heteroatoms. The Morgan fingerprint density at radius 1 is 1.21 bits per heavy atom. The molecule has 1 amide bonds. The minimum Gasteiger partial charge on any atom is -0.497 e. The molecule has 3 aromatic rings. The number of aryl methyl sites for hydroxylation is 1. The highest BCUT2D eigenvalue weighted by atomic mass is 19.1. The molecule has 1 unspecified atom stereocenters. The van der Waals surface area contributed by atoms with Crippen molar-refractivity contribution in [3.8, 4) is 5.75 Å². The number of hydrogen-bond acceptors (Lipinski definition) is 5. The van der Waals surface area contributed by atoms with E-state index >= 15 is 0 Å². The first-order chi connectivity index (χ1) is 16.0. The number of likely N-dealkylation sites (tertiary alicyclic amines) is 1. The van der Waals surface area contributed by atoms with E-state index < -0.39 is 0 Å². The van der Waals surface area contributed by atoms with Crippen LogP contribution in [0.5, 0.6) is 5.75 Å². The van der Waals surface area contributed by atoms with Crippen LogP contribution in [0.25, 0.3) is 0 Å². The Bertz CT molecular complexity index is 1100. The zero-order valence-electron chi connectivity index (χ0n) is 19.1. The average Bonchev–Trinajstić information content (AvgIpc) is 2.84. The SMILES string of the molecule is COc1cccc(CNC(=O)c2cnc(C3CCCN(Cc4ccc(F)cc4)C3)nc2C)c1. The van der Waals surface area contributed by atoms with Crippen molar-refractivity contribution in [3.63, 3.8) is 0 Å². The topological polar surface area (TPSA) is 67.3 Å². The summed E-state index contributed by atoms with van der Waals surface area (Å²) in [6.45, 7) is 4.87. The molecule has 0 spiro atoms. The van der Waals surface area contributed by atoms with Gasteiger partial charge in [0.15, 0.2) is 0 Å². The summed E-state index contributed by atoms with van der Waals surface area (Å²) >= 11 is 0. The van der Waals surface area contributed by atoms with Crippen molar-refractivity contribution in [3.05, 3.63) is 88.8 Å². The van der Waals surface area contributed by atoms with Crippen LogP contribution in [0.1, 0.15) is 51.8 Å². The van der Waals surface area contributed by atoms with E-state index in [-0.39, 0.29) is 17.6 Å². The van der Waals surface area contributed by atoms with Gasteiger partial charge in [0, 0.05) is 31.7 Å². The number of ether oxygens (including phenoxy) is 1. The van der Waals surface area contributed by atoms with Crippen LogP contribution >= 0.6 is 0 Å². The van der Waals surface area contributed by atoms with Gasteiger partial charge in [-0.2, -0.15) is 0 Å². The molecule has 2 aromatic carbocycles. The molecule has 33 heavy (non-hydrogen) atoms. The normalized spacial score (nSPS) is 16.4. The number of halogens is 1. The van der Waals surface area contributed by atoms with Crippen LogP contribution in [-0.4, -0.2) is 41.0 Å². The molecule has 0 aliphatic carbocycles. The molecular weight excluding hydrogens is 419 g/mol. The van der Waals surface area contributed by atoms with Gasteiger partial charge in [0.2, 0.25) is 0 Å². The van der Waals surface area contributed by atoms with Crippen molar-refractivity contribution < 1.29 is 13.9 Å². The zero-order chi connectivity index (χ0) is 23.2. The van der Waals surface area contributed by atoms with Crippen molar-refractivity contribution >= 4 is 5.91 Å². The van der Waals surface area contributed by atoms with Crippen molar-refractivity contribution in [2.45, 2.75) is 38.8 Å². The lowest BCUT2D eigenvalue weighted by atomic mass is 9.96. The summed E-state index contributed by atoms with van der Waals surface area (Å²) in [5, 5.41) is 2.94.